The number of halogens is 1. The van der Waals surface area contributed by atoms with E-state index < -0.39 is 0 Å². The molecule has 1 aliphatic carbocycles. The van der Waals surface area contributed by atoms with Crippen LogP contribution in [0.4, 0.5) is 0 Å². The summed E-state index contributed by atoms with van der Waals surface area (Å²) in [6.07, 6.45) is 9.07. The quantitative estimate of drug-likeness (QED) is 0.743. The van der Waals surface area contributed by atoms with E-state index in [1.54, 1.807) is 6.07 Å². The Morgan fingerprint density at radius 2 is 1.79 bits per heavy atom. The molecular formula is C14H19ClN4. The summed E-state index contributed by atoms with van der Waals surface area (Å²) in [5.41, 5.74) is 0.814. The number of nitrogens with zero attached hydrogens (tertiary/aromatic N) is 4. The van der Waals surface area contributed by atoms with Crippen molar-refractivity contribution < 1.29 is 0 Å². The molecule has 19 heavy (non-hydrogen) atoms. The van der Waals surface area contributed by atoms with Crippen LogP contribution in [-0.4, -0.2) is 19.6 Å². The highest BCUT2D eigenvalue weighted by Gasteiger charge is 2.20. The molecule has 0 aliphatic heterocycles. The molecule has 2 heterocycles. The summed E-state index contributed by atoms with van der Waals surface area (Å²) in [5, 5.41) is 9.15. The number of hydrogen-bond donors (Lipinski definition) is 0. The van der Waals surface area contributed by atoms with Gasteiger partial charge in [0.2, 0.25) is 0 Å². The van der Waals surface area contributed by atoms with Crippen molar-refractivity contribution in [2.24, 2.45) is 0 Å². The second kappa shape index (κ2) is 5.45. The van der Waals surface area contributed by atoms with E-state index in [4.69, 9.17) is 11.6 Å². The van der Waals surface area contributed by atoms with Gasteiger partial charge in [0.15, 0.2) is 5.65 Å². The molecule has 0 radical (unpaired) electrons. The molecule has 0 N–H and O–H groups in total. The van der Waals surface area contributed by atoms with Crippen LogP contribution in [0.25, 0.3) is 5.65 Å². The van der Waals surface area contributed by atoms with E-state index in [9.17, 15) is 0 Å². The highest BCUT2D eigenvalue weighted by molar-refractivity contribution is 6.29. The predicted molar refractivity (Wildman–Crippen MR) is 75.6 cm³/mol. The van der Waals surface area contributed by atoms with Crippen LogP contribution in [-0.2, 0) is 0 Å². The molecule has 5 heteroatoms. The third-order valence-electron chi connectivity index (χ3n) is 4.02. The van der Waals surface area contributed by atoms with E-state index >= 15 is 0 Å². The van der Waals surface area contributed by atoms with Crippen LogP contribution in [0.5, 0.6) is 0 Å². The smallest absolute Gasteiger partial charge is 0.165 e. The lowest BCUT2D eigenvalue weighted by Gasteiger charge is -2.18. The van der Waals surface area contributed by atoms with Crippen LogP contribution < -0.4 is 0 Å². The van der Waals surface area contributed by atoms with Crippen LogP contribution in [0.1, 0.15) is 62.5 Å². The number of aryl methyl sites for hydroxylation is 1. The fraction of sp³-hybridized carbons (Fsp3) is 0.643. The zero-order valence-electron chi connectivity index (χ0n) is 11.3. The van der Waals surface area contributed by atoms with E-state index in [1.165, 1.54) is 44.9 Å². The molecule has 1 aliphatic rings. The maximum Gasteiger partial charge on any atom is 0.165 e. The lowest BCUT2D eigenvalue weighted by atomic mass is 9.90. The molecule has 102 valence electrons. The molecule has 0 bridgehead atoms. The molecule has 1 fully saturated rings. The summed E-state index contributed by atoms with van der Waals surface area (Å²) in [5.74, 6) is 2.46. The molecule has 0 unspecified atom stereocenters. The van der Waals surface area contributed by atoms with Crippen LogP contribution in [0.3, 0.4) is 0 Å². The first-order valence-electron chi connectivity index (χ1n) is 7.14. The lowest BCUT2D eigenvalue weighted by Crippen LogP contribution is -2.09. The Morgan fingerprint density at radius 3 is 2.53 bits per heavy atom. The van der Waals surface area contributed by atoms with Crippen molar-refractivity contribution in [1.29, 1.82) is 0 Å². The minimum atomic E-state index is 0.488. The zero-order valence-corrected chi connectivity index (χ0v) is 12.0. The second-order valence-corrected chi connectivity index (χ2v) is 5.81. The first kappa shape index (κ1) is 12.9. The summed E-state index contributed by atoms with van der Waals surface area (Å²) in [4.78, 5) is 4.32. The van der Waals surface area contributed by atoms with E-state index in [2.05, 4.69) is 19.6 Å². The number of fused-ring (bicyclic) bond motifs is 1. The molecule has 0 atom stereocenters. The van der Waals surface area contributed by atoms with Crippen LogP contribution >= 0.6 is 11.6 Å². The minimum Gasteiger partial charge on any atom is -0.266 e. The monoisotopic (exact) mass is 278 g/mol. The maximum absolute atomic E-state index is 5.97. The summed E-state index contributed by atoms with van der Waals surface area (Å²) in [6.45, 7) is 1.97. The van der Waals surface area contributed by atoms with Gasteiger partial charge in [0.05, 0.1) is 0 Å². The molecule has 2 aromatic rings. The molecule has 0 spiro atoms. The Bertz CT molecular complexity index is 570. The van der Waals surface area contributed by atoms with Gasteiger partial charge in [-0.3, -0.25) is 4.40 Å². The van der Waals surface area contributed by atoms with Gasteiger partial charge < -0.3 is 0 Å². The molecule has 2 aromatic heterocycles. The predicted octanol–water partition coefficient (Wildman–Crippen LogP) is 3.91. The van der Waals surface area contributed by atoms with Gasteiger partial charge in [0, 0.05) is 12.0 Å². The zero-order chi connectivity index (χ0) is 13.2. The molecule has 0 aromatic carbocycles. The fourth-order valence-electron chi connectivity index (χ4n) is 3.06. The lowest BCUT2D eigenvalue weighted by molar-refractivity contribution is 0.439. The average molecular weight is 279 g/mol. The highest BCUT2D eigenvalue weighted by Crippen LogP contribution is 2.30. The van der Waals surface area contributed by atoms with Crippen molar-refractivity contribution in [3.05, 3.63) is 22.9 Å². The van der Waals surface area contributed by atoms with Crippen molar-refractivity contribution in [1.82, 2.24) is 19.6 Å². The first-order chi connectivity index (χ1) is 9.25. The van der Waals surface area contributed by atoms with Crippen molar-refractivity contribution in [3.63, 3.8) is 0 Å². The van der Waals surface area contributed by atoms with E-state index in [0.717, 1.165) is 17.3 Å². The van der Waals surface area contributed by atoms with Crippen molar-refractivity contribution in [2.75, 3.05) is 0 Å². The van der Waals surface area contributed by atoms with Crippen LogP contribution in [0.2, 0.25) is 5.15 Å². The first-order valence-corrected chi connectivity index (χ1v) is 7.51. The van der Waals surface area contributed by atoms with E-state index in [-0.39, 0.29) is 0 Å². The summed E-state index contributed by atoms with van der Waals surface area (Å²) >= 11 is 5.97. The van der Waals surface area contributed by atoms with Gasteiger partial charge in [-0.05, 0) is 19.8 Å². The second-order valence-electron chi connectivity index (χ2n) is 5.42. The van der Waals surface area contributed by atoms with Crippen molar-refractivity contribution in [3.8, 4) is 0 Å². The highest BCUT2D eigenvalue weighted by atomic mass is 35.5. The maximum atomic E-state index is 5.97. The molecule has 4 nitrogen and oxygen atoms in total. The van der Waals surface area contributed by atoms with E-state index in [1.807, 2.05) is 6.92 Å². The van der Waals surface area contributed by atoms with E-state index in [0.29, 0.717) is 11.1 Å². The average Bonchev–Trinajstić information content (AvgIpc) is 2.72. The number of hydrogen-bond acceptors (Lipinski definition) is 3. The topological polar surface area (TPSA) is 43.1 Å². The van der Waals surface area contributed by atoms with Crippen molar-refractivity contribution >= 4 is 17.2 Å². The summed E-state index contributed by atoms with van der Waals surface area (Å²) < 4.78 is 2.07. The van der Waals surface area contributed by atoms with Crippen LogP contribution in [0, 0.1) is 6.92 Å². The third-order valence-corrected chi connectivity index (χ3v) is 4.22. The Kier molecular flexibility index (Phi) is 3.69. The molecular weight excluding hydrogens is 260 g/mol. The van der Waals surface area contributed by atoms with Crippen molar-refractivity contribution in [2.45, 2.75) is 57.8 Å². The molecule has 1 saturated carbocycles. The molecule has 0 saturated heterocycles. The fourth-order valence-corrected chi connectivity index (χ4v) is 3.28. The van der Waals surface area contributed by atoms with Gasteiger partial charge in [0.1, 0.15) is 16.8 Å². The van der Waals surface area contributed by atoms with Gasteiger partial charge in [-0.2, -0.15) is 0 Å². The molecule has 3 rings (SSSR count). The van der Waals surface area contributed by atoms with Gasteiger partial charge in [0.25, 0.3) is 0 Å². The number of rotatable bonds is 1. The van der Waals surface area contributed by atoms with Gasteiger partial charge in [-0.25, -0.2) is 4.98 Å². The Hall–Kier alpha value is -1.16. The summed E-state index contributed by atoms with van der Waals surface area (Å²) in [7, 11) is 0. The largest absolute Gasteiger partial charge is 0.266 e. The van der Waals surface area contributed by atoms with Gasteiger partial charge in [-0.15, -0.1) is 10.2 Å². The summed E-state index contributed by atoms with van der Waals surface area (Å²) in [6, 6.07) is 1.79. The standard InChI is InChI=1S/C14H19ClN4/c1-10-16-12(15)9-13-17-18-14(19(10)13)11-7-5-3-2-4-6-8-11/h9,11H,2-8H2,1H3. The van der Waals surface area contributed by atoms with Crippen LogP contribution in [0.15, 0.2) is 6.07 Å². The Morgan fingerprint density at radius 1 is 1.11 bits per heavy atom. The Balaban J connectivity index is 1.99. The number of aromatic nitrogens is 4. The minimum absolute atomic E-state index is 0.488. The van der Waals surface area contributed by atoms with Gasteiger partial charge >= 0.3 is 0 Å². The molecule has 0 amide bonds. The SMILES string of the molecule is Cc1nc(Cl)cc2nnc(C3CCCCCCC3)n12. The Labute approximate surface area is 118 Å². The van der Waals surface area contributed by atoms with Gasteiger partial charge in [-0.1, -0.05) is 43.7 Å². The third kappa shape index (κ3) is 2.59. The normalized spacial score (nSPS) is 18.4.